The average molecular weight is 380 g/mol. The van der Waals surface area contributed by atoms with Crippen molar-refractivity contribution in [2.24, 2.45) is 0 Å². The number of unbranched alkanes of at least 4 members (excludes halogenated alkanes) is 8. The summed E-state index contributed by atoms with van der Waals surface area (Å²) in [4.78, 5) is 24.0. The highest BCUT2D eigenvalue weighted by Gasteiger charge is 2.04. The molecule has 146 valence electrons. The van der Waals surface area contributed by atoms with E-state index in [2.05, 4.69) is 17.9 Å². The van der Waals surface area contributed by atoms with E-state index in [-0.39, 0.29) is 11.9 Å². The fourth-order valence-electron chi connectivity index (χ4n) is 2.78. The van der Waals surface area contributed by atoms with Crippen molar-refractivity contribution in [3.63, 3.8) is 0 Å². The van der Waals surface area contributed by atoms with E-state index in [4.69, 9.17) is 4.74 Å². The number of nitrogens with one attached hydrogen (secondary N) is 1. The first kappa shape index (κ1) is 22.6. The molecule has 26 heavy (non-hydrogen) atoms. The molecular weight excluding hydrogens is 346 g/mol. The third-order valence-corrected chi connectivity index (χ3v) is 4.58. The first-order chi connectivity index (χ1) is 12.6. The largest absolute Gasteiger partial charge is 0.466 e. The van der Waals surface area contributed by atoms with Crippen molar-refractivity contribution in [2.45, 2.75) is 76.0 Å². The van der Waals surface area contributed by atoms with Gasteiger partial charge in [0, 0.05) is 23.4 Å². The number of hydrogen-bond acceptors (Lipinski definition) is 4. The fraction of sp³-hybridized carbons (Fsp3) is 0.619. The molecule has 0 saturated carbocycles. The highest BCUT2D eigenvalue weighted by molar-refractivity contribution is 7.80. The molecular formula is C21H33NO3S. The van der Waals surface area contributed by atoms with Gasteiger partial charge in [-0.15, -0.1) is 12.6 Å². The molecule has 0 heterocycles. The van der Waals surface area contributed by atoms with Crippen molar-refractivity contribution in [2.75, 3.05) is 13.2 Å². The van der Waals surface area contributed by atoms with E-state index < -0.39 is 0 Å². The predicted octanol–water partition coefficient (Wildman–Crippen LogP) is 5.17. The summed E-state index contributed by atoms with van der Waals surface area (Å²) in [5.41, 5.74) is 0.686. The molecule has 1 amide bonds. The highest BCUT2D eigenvalue weighted by atomic mass is 32.1. The normalized spacial score (nSPS) is 10.5. The minimum absolute atomic E-state index is 0.0128. The topological polar surface area (TPSA) is 55.4 Å². The Morgan fingerprint density at radius 3 is 2.00 bits per heavy atom. The van der Waals surface area contributed by atoms with E-state index >= 15 is 0 Å². The van der Waals surface area contributed by atoms with E-state index in [1.54, 1.807) is 12.1 Å². The number of ether oxygens (including phenoxy) is 1. The van der Waals surface area contributed by atoms with Crippen LogP contribution in [0.25, 0.3) is 0 Å². The third kappa shape index (κ3) is 11.2. The quantitative estimate of drug-likeness (QED) is 0.266. The van der Waals surface area contributed by atoms with Crippen molar-refractivity contribution in [1.29, 1.82) is 0 Å². The summed E-state index contributed by atoms with van der Waals surface area (Å²) in [6.45, 7) is 3.05. The zero-order valence-electron chi connectivity index (χ0n) is 16.0. The van der Waals surface area contributed by atoms with Crippen LogP contribution in [0.3, 0.4) is 0 Å². The number of thiol groups is 1. The van der Waals surface area contributed by atoms with Gasteiger partial charge in [-0.05, 0) is 44.0 Å². The number of benzene rings is 1. The van der Waals surface area contributed by atoms with Crippen molar-refractivity contribution in [3.8, 4) is 0 Å². The van der Waals surface area contributed by atoms with Crippen LogP contribution in [0.15, 0.2) is 29.2 Å². The van der Waals surface area contributed by atoms with E-state index in [1.807, 2.05) is 19.1 Å². The van der Waals surface area contributed by atoms with Crippen molar-refractivity contribution in [3.05, 3.63) is 29.8 Å². The molecule has 0 fully saturated rings. The molecule has 1 aromatic rings. The van der Waals surface area contributed by atoms with E-state index in [9.17, 15) is 9.59 Å². The SMILES string of the molecule is CCOC(=O)CCCCCCCCCCCNC(=O)c1ccc(S)cc1. The number of esters is 1. The molecule has 0 bridgehead atoms. The van der Waals surface area contributed by atoms with E-state index in [0.29, 0.717) is 18.6 Å². The maximum Gasteiger partial charge on any atom is 0.305 e. The predicted molar refractivity (Wildman–Crippen MR) is 109 cm³/mol. The summed E-state index contributed by atoms with van der Waals surface area (Å²) in [6.07, 6.45) is 10.9. The molecule has 1 N–H and O–H groups in total. The minimum Gasteiger partial charge on any atom is -0.466 e. The second-order valence-corrected chi connectivity index (χ2v) is 7.06. The maximum atomic E-state index is 11.9. The van der Waals surface area contributed by atoms with Crippen molar-refractivity contribution < 1.29 is 14.3 Å². The van der Waals surface area contributed by atoms with Crippen LogP contribution in [-0.4, -0.2) is 25.0 Å². The number of carbonyl (C=O) groups is 2. The molecule has 1 aromatic carbocycles. The molecule has 0 spiro atoms. The molecule has 1 rings (SSSR count). The Morgan fingerprint density at radius 2 is 1.42 bits per heavy atom. The van der Waals surface area contributed by atoms with Crippen LogP contribution in [0, 0.1) is 0 Å². The smallest absolute Gasteiger partial charge is 0.305 e. The molecule has 0 aliphatic carbocycles. The molecule has 0 unspecified atom stereocenters. The van der Waals surface area contributed by atoms with Gasteiger partial charge in [0.05, 0.1) is 6.61 Å². The summed E-state index contributed by atoms with van der Waals surface area (Å²) < 4.78 is 4.91. The number of hydrogen-bond donors (Lipinski definition) is 2. The second kappa shape index (κ2) is 14.7. The Labute approximate surface area is 163 Å². The van der Waals surface area contributed by atoms with Crippen molar-refractivity contribution in [1.82, 2.24) is 5.32 Å². The van der Waals surface area contributed by atoms with Gasteiger partial charge in [-0.2, -0.15) is 0 Å². The molecule has 0 radical (unpaired) electrons. The lowest BCUT2D eigenvalue weighted by Crippen LogP contribution is -2.24. The summed E-state index contributed by atoms with van der Waals surface area (Å²) in [6, 6.07) is 7.25. The number of carbonyl (C=O) groups excluding carboxylic acids is 2. The van der Waals surface area contributed by atoms with Crippen LogP contribution in [0.5, 0.6) is 0 Å². The first-order valence-electron chi connectivity index (χ1n) is 9.86. The Morgan fingerprint density at radius 1 is 0.885 bits per heavy atom. The number of rotatable bonds is 14. The standard InChI is InChI=1S/C21H33NO3S/c1-2-25-20(23)12-10-8-6-4-3-5-7-9-11-17-22-21(24)18-13-15-19(26)16-14-18/h13-16,26H,2-12,17H2,1H3,(H,22,24). The van der Waals surface area contributed by atoms with Crippen LogP contribution < -0.4 is 5.32 Å². The molecule has 0 atom stereocenters. The van der Waals surface area contributed by atoms with Crippen LogP contribution in [0.4, 0.5) is 0 Å². The van der Waals surface area contributed by atoms with Gasteiger partial charge >= 0.3 is 5.97 Å². The lowest BCUT2D eigenvalue weighted by Gasteiger charge is -2.06. The lowest BCUT2D eigenvalue weighted by molar-refractivity contribution is -0.143. The Balaban J connectivity index is 1.87. The highest BCUT2D eigenvalue weighted by Crippen LogP contribution is 2.11. The molecule has 0 aromatic heterocycles. The van der Waals surface area contributed by atoms with Crippen molar-refractivity contribution >= 4 is 24.5 Å². The number of amides is 1. The van der Waals surface area contributed by atoms with Gasteiger partial charge in [-0.25, -0.2) is 0 Å². The molecule has 4 nitrogen and oxygen atoms in total. The molecule has 5 heteroatoms. The minimum atomic E-state index is -0.0710. The molecule has 0 saturated heterocycles. The summed E-state index contributed by atoms with van der Waals surface area (Å²) >= 11 is 4.22. The average Bonchev–Trinajstić information content (AvgIpc) is 2.63. The maximum absolute atomic E-state index is 11.9. The lowest BCUT2D eigenvalue weighted by atomic mass is 10.1. The zero-order chi connectivity index (χ0) is 19.0. The van der Waals surface area contributed by atoms with Crippen LogP contribution in [0.2, 0.25) is 0 Å². The zero-order valence-corrected chi connectivity index (χ0v) is 16.9. The van der Waals surface area contributed by atoms with Crippen LogP contribution in [-0.2, 0) is 9.53 Å². The van der Waals surface area contributed by atoms with Crippen LogP contribution in [0.1, 0.15) is 81.5 Å². The van der Waals surface area contributed by atoms with Gasteiger partial charge in [-0.1, -0.05) is 44.9 Å². The van der Waals surface area contributed by atoms with Crippen LogP contribution >= 0.6 is 12.6 Å². The third-order valence-electron chi connectivity index (χ3n) is 4.28. The van der Waals surface area contributed by atoms with Gasteiger partial charge in [0.15, 0.2) is 0 Å². The summed E-state index contributed by atoms with van der Waals surface area (Å²) in [7, 11) is 0. The van der Waals surface area contributed by atoms with E-state index in [1.165, 1.54) is 32.1 Å². The molecule has 0 aliphatic heterocycles. The monoisotopic (exact) mass is 379 g/mol. The Hall–Kier alpha value is -1.49. The first-order valence-corrected chi connectivity index (χ1v) is 10.3. The summed E-state index contributed by atoms with van der Waals surface area (Å²) in [5, 5.41) is 2.96. The van der Waals surface area contributed by atoms with Gasteiger partial charge < -0.3 is 10.1 Å². The molecule has 0 aliphatic rings. The van der Waals surface area contributed by atoms with E-state index in [0.717, 1.165) is 37.1 Å². The van der Waals surface area contributed by atoms with Gasteiger partial charge in [0.2, 0.25) is 0 Å². The van der Waals surface area contributed by atoms with Gasteiger partial charge in [0.25, 0.3) is 5.91 Å². The van der Waals surface area contributed by atoms with Gasteiger partial charge in [0.1, 0.15) is 0 Å². The Bertz CT molecular complexity index is 516. The summed E-state index contributed by atoms with van der Waals surface area (Å²) in [5.74, 6) is -0.0838. The van der Waals surface area contributed by atoms with Gasteiger partial charge in [-0.3, -0.25) is 9.59 Å². The Kier molecular flexibility index (Phi) is 12.7. The fourth-order valence-corrected chi connectivity index (χ4v) is 2.93. The second-order valence-electron chi connectivity index (χ2n) is 6.54.